The zero-order valence-electron chi connectivity index (χ0n) is 8.40. The van der Waals surface area contributed by atoms with E-state index in [2.05, 4.69) is 22.2 Å². The predicted octanol–water partition coefficient (Wildman–Crippen LogP) is 1.66. The SMILES string of the molecule is CC(Nc1ccnc(N)n1)C1CCC1. The smallest absolute Gasteiger partial charge is 0.221 e. The summed E-state index contributed by atoms with van der Waals surface area (Å²) < 4.78 is 0. The van der Waals surface area contributed by atoms with Crippen LogP contribution in [0.5, 0.6) is 0 Å². The minimum atomic E-state index is 0.329. The first-order chi connectivity index (χ1) is 6.75. The molecule has 1 aromatic rings. The summed E-state index contributed by atoms with van der Waals surface area (Å²) in [4.78, 5) is 7.96. The van der Waals surface area contributed by atoms with Gasteiger partial charge in [-0.15, -0.1) is 0 Å². The number of nitrogens with two attached hydrogens (primary N) is 1. The fourth-order valence-corrected chi connectivity index (χ4v) is 1.75. The van der Waals surface area contributed by atoms with Crippen molar-refractivity contribution in [2.45, 2.75) is 32.2 Å². The molecule has 0 aliphatic heterocycles. The van der Waals surface area contributed by atoms with Crippen molar-refractivity contribution in [1.29, 1.82) is 0 Å². The number of aromatic nitrogens is 2. The van der Waals surface area contributed by atoms with Crippen molar-refractivity contribution in [2.75, 3.05) is 11.1 Å². The second-order valence-corrected chi connectivity index (χ2v) is 3.92. The highest BCUT2D eigenvalue weighted by Crippen LogP contribution is 2.30. The highest BCUT2D eigenvalue weighted by Gasteiger charge is 2.23. The Morgan fingerprint density at radius 3 is 2.93 bits per heavy atom. The number of hydrogen-bond donors (Lipinski definition) is 2. The van der Waals surface area contributed by atoms with E-state index >= 15 is 0 Å². The third-order valence-electron chi connectivity index (χ3n) is 2.91. The van der Waals surface area contributed by atoms with Gasteiger partial charge < -0.3 is 11.1 Å². The van der Waals surface area contributed by atoms with Gasteiger partial charge in [0.05, 0.1) is 0 Å². The summed E-state index contributed by atoms with van der Waals surface area (Å²) in [7, 11) is 0. The Morgan fingerprint density at radius 1 is 1.57 bits per heavy atom. The lowest BCUT2D eigenvalue weighted by atomic mass is 9.80. The maximum absolute atomic E-state index is 5.49. The van der Waals surface area contributed by atoms with Crippen LogP contribution in [0.15, 0.2) is 12.3 Å². The second-order valence-electron chi connectivity index (χ2n) is 3.92. The average molecular weight is 192 g/mol. The van der Waals surface area contributed by atoms with Gasteiger partial charge in [0.25, 0.3) is 0 Å². The number of nitrogen functional groups attached to an aromatic ring is 1. The zero-order chi connectivity index (χ0) is 9.97. The minimum Gasteiger partial charge on any atom is -0.368 e. The molecule has 0 radical (unpaired) electrons. The Labute approximate surface area is 83.9 Å². The van der Waals surface area contributed by atoms with E-state index in [9.17, 15) is 0 Å². The number of anilines is 2. The monoisotopic (exact) mass is 192 g/mol. The highest BCUT2D eigenvalue weighted by molar-refractivity contribution is 5.38. The van der Waals surface area contributed by atoms with Crippen molar-refractivity contribution in [2.24, 2.45) is 5.92 Å². The molecule has 3 N–H and O–H groups in total. The van der Waals surface area contributed by atoms with E-state index in [1.807, 2.05) is 6.07 Å². The van der Waals surface area contributed by atoms with Crippen molar-refractivity contribution in [3.63, 3.8) is 0 Å². The third-order valence-corrected chi connectivity index (χ3v) is 2.91. The van der Waals surface area contributed by atoms with E-state index in [-0.39, 0.29) is 0 Å². The molecule has 0 spiro atoms. The molecule has 0 amide bonds. The molecule has 1 fully saturated rings. The molecule has 1 atom stereocenters. The van der Waals surface area contributed by atoms with Crippen LogP contribution < -0.4 is 11.1 Å². The van der Waals surface area contributed by atoms with E-state index in [4.69, 9.17) is 5.73 Å². The van der Waals surface area contributed by atoms with Crippen LogP contribution in [0.25, 0.3) is 0 Å². The lowest BCUT2D eigenvalue weighted by molar-refractivity contribution is 0.285. The molecule has 2 rings (SSSR count). The molecule has 1 aromatic heterocycles. The normalized spacial score (nSPS) is 18.6. The molecule has 4 nitrogen and oxygen atoms in total. The van der Waals surface area contributed by atoms with Gasteiger partial charge in [-0.25, -0.2) is 4.98 Å². The number of hydrogen-bond acceptors (Lipinski definition) is 4. The van der Waals surface area contributed by atoms with Crippen LogP contribution >= 0.6 is 0 Å². The van der Waals surface area contributed by atoms with Gasteiger partial charge in [-0.2, -0.15) is 4.98 Å². The van der Waals surface area contributed by atoms with Gasteiger partial charge in [0.2, 0.25) is 5.95 Å². The summed E-state index contributed by atoms with van der Waals surface area (Å²) >= 11 is 0. The number of nitrogens with one attached hydrogen (secondary N) is 1. The van der Waals surface area contributed by atoms with Crippen molar-refractivity contribution >= 4 is 11.8 Å². The van der Waals surface area contributed by atoms with Crippen LogP contribution in [0.2, 0.25) is 0 Å². The van der Waals surface area contributed by atoms with E-state index in [1.165, 1.54) is 19.3 Å². The lowest BCUT2D eigenvalue weighted by Gasteiger charge is -2.32. The number of nitrogens with zero attached hydrogens (tertiary/aromatic N) is 2. The Kier molecular flexibility index (Phi) is 2.52. The van der Waals surface area contributed by atoms with Gasteiger partial charge in [-0.05, 0) is 31.7 Å². The van der Waals surface area contributed by atoms with Crippen molar-refractivity contribution in [3.05, 3.63) is 12.3 Å². The largest absolute Gasteiger partial charge is 0.368 e. The van der Waals surface area contributed by atoms with E-state index < -0.39 is 0 Å². The van der Waals surface area contributed by atoms with Gasteiger partial charge in [0, 0.05) is 12.2 Å². The van der Waals surface area contributed by atoms with Crippen LogP contribution in [-0.2, 0) is 0 Å². The van der Waals surface area contributed by atoms with Gasteiger partial charge in [-0.3, -0.25) is 0 Å². The van der Waals surface area contributed by atoms with Crippen LogP contribution in [-0.4, -0.2) is 16.0 Å². The Hall–Kier alpha value is -1.32. The zero-order valence-corrected chi connectivity index (χ0v) is 8.40. The molecule has 1 heterocycles. The Morgan fingerprint density at radius 2 is 2.36 bits per heavy atom. The van der Waals surface area contributed by atoms with Crippen molar-refractivity contribution in [1.82, 2.24) is 9.97 Å². The first-order valence-electron chi connectivity index (χ1n) is 5.11. The average Bonchev–Trinajstić information content (AvgIpc) is 1.99. The van der Waals surface area contributed by atoms with Crippen molar-refractivity contribution < 1.29 is 0 Å². The maximum Gasteiger partial charge on any atom is 0.221 e. The molecule has 0 bridgehead atoms. The quantitative estimate of drug-likeness (QED) is 0.764. The Balaban J connectivity index is 1.95. The molecule has 1 aliphatic rings. The summed E-state index contributed by atoms with van der Waals surface area (Å²) in [5.41, 5.74) is 5.49. The first kappa shape index (κ1) is 9.24. The van der Waals surface area contributed by atoms with E-state index in [0.29, 0.717) is 12.0 Å². The molecule has 1 unspecified atom stereocenters. The summed E-state index contributed by atoms with van der Waals surface area (Å²) in [6.45, 7) is 2.20. The molecule has 1 aliphatic carbocycles. The van der Waals surface area contributed by atoms with Crippen LogP contribution in [0.4, 0.5) is 11.8 Å². The second kappa shape index (κ2) is 3.82. The van der Waals surface area contributed by atoms with Crippen molar-refractivity contribution in [3.8, 4) is 0 Å². The topological polar surface area (TPSA) is 63.8 Å². The molecule has 0 saturated heterocycles. The van der Waals surface area contributed by atoms with E-state index in [1.54, 1.807) is 6.20 Å². The summed E-state index contributed by atoms with van der Waals surface area (Å²) in [6.07, 6.45) is 5.70. The first-order valence-corrected chi connectivity index (χ1v) is 5.11. The minimum absolute atomic E-state index is 0.329. The molecule has 14 heavy (non-hydrogen) atoms. The lowest BCUT2D eigenvalue weighted by Crippen LogP contribution is -2.31. The van der Waals surface area contributed by atoms with Crippen LogP contribution in [0.3, 0.4) is 0 Å². The molecule has 1 saturated carbocycles. The molecule has 76 valence electrons. The van der Waals surface area contributed by atoms with Crippen LogP contribution in [0, 0.1) is 5.92 Å². The maximum atomic E-state index is 5.49. The number of rotatable bonds is 3. The van der Waals surface area contributed by atoms with Gasteiger partial charge in [0.1, 0.15) is 5.82 Å². The van der Waals surface area contributed by atoms with Crippen LogP contribution in [0.1, 0.15) is 26.2 Å². The third kappa shape index (κ3) is 1.95. The van der Waals surface area contributed by atoms with E-state index in [0.717, 1.165) is 11.7 Å². The molecular formula is C10H16N4. The predicted molar refractivity (Wildman–Crippen MR) is 56.9 cm³/mol. The highest BCUT2D eigenvalue weighted by atomic mass is 15.1. The van der Waals surface area contributed by atoms with Gasteiger partial charge in [-0.1, -0.05) is 6.42 Å². The Bertz CT molecular complexity index is 309. The van der Waals surface area contributed by atoms with Gasteiger partial charge >= 0.3 is 0 Å². The standard InChI is InChI=1S/C10H16N4/c1-7(8-3-2-4-8)13-9-5-6-12-10(11)14-9/h5-8H,2-4H2,1H3,(H3,11,12,13,14). The summed E-state index contributed by atoms with van der Waals surface area (Å²) in [6, 6.07) is 2.34. The molecule has 0 aromatic carbocycles. The fourth-order valence-electron chi connectivity index (χ4n) is 1.75. The summed E-state index contributed by atoms with van der Waals surface area (Å²) in [5, 5.41) is 3.35. The fraction of sp³-hybridized carbons (Fsp3) is 0.600. The van der Waals surface area contributed by atoms with Gasteiger partial charge in [0.15, 0.2) is 0 Å². The summed E-state index contributed by atoms with van der Waals surface area (Å²) in [5.74, 6) is 1.96. The molecule has 4 heteroatoms. The molecular weight excluding hydrogens is 176 g/mol.